The molecule has 0 saturated carbocycles. The number of amides is 3. The van der Waals surface area contributed by atoms with E-state index in [4.69, 9.17) is 32.6 Å². The predicted molar refractivity (Wildman–Crippen MR) is 433 cm³/mol. The number of amidine groups is 4. The normalized spacial score (nSPS) is 17.7. The second-order valence-electron chi connectivity index (χ2n) is 32.0. The zero-order chi connectivity index (χ0) is 82.1. The zero-order valence-corrected chi connectivity index (χ0v) is 80.5. The minimum absolute atomic E-state index is 0. The van der Waals surface area contributed by atoms with E-state index in [1.807, 2.05) is 48.5 Å². The Morgan fingerprint density at radius 2 is 0.855 bits per heavy atom. The van der Waals surface area contributed by atoms with Gasteiger partial charge in [0.25, 0.3) is 11.8 Å². The van der Waals surface area contributed by atoms with Crippen molar-refractivity contribution in [2.24, 2.45) is 20.0 Å². The predicted octanol–water partition coefficient (Wildman–Crippen LogP) is -2.61. The Hall–Kier alpha value is -4.66. The van der Waals surface area contributed by atoms with Crippen LogP contribution in [0.25, 0.3) is 21.5 Å². The standard InChI is InChI=1S/C74H100N12O17S4Si3.3Na.O3S/c1-6-7-42-85(44-19-23-50-104(90,91)92,45-20-24-51-105(93,94)95)48-27-54-108(2,3)102-110(103-109(4,5)55-28-49-86(46-21-25-52-106(96,97)98,47-22-26-53-107(99,100)101)43-18-8-9-37-64(87)75-40-41-80-65(88)38-39-66(80)89)81-67-56-29-10-11-30-57(56)68(81)77-70-60-33-14-15-34-61(60)72(83(70)110)79-74-63-36-17-16-35-62(63)73(84(74)110)78-71-59-32-13-12-31-58(59)69(76-67)82(71)110;;;;1-4(2)3/h10-17,29-36,38-39H,1,6-9,18-28,37,40-55H2,2-5H3,(H4-,75,87,90,91,92,93,94,95,96,97,98,99,100,101);;;;/q;3*+1;/p-1. The van der Waals surface area contributed by atoms with Gasteiger partial charge in [0, 0.05) is 25.2 Å². The molecular formula is C74H99N12Na3O20S5Si3+2. The summed E-state index contributed by atoms with van der Waals surface area (Å²) >= 11 is 0. The van der Waals surface area contributed by atoms with Crippen LogP contribution < -0.4 is 105 Å². The van der Waals surface area contributed by atoms with Gasteiger partial charge < -0.3 is 5.32 Å². The third-order valence-corrected chi connectivity index (χ3v) is 42.9. The molecule has 117 heavy (non-hydrogen) atoms. The Bertz CT molecular complexity index is 5550. The van der Waals surface area contributed by atoms with Crippen molar-refractivity contribution in [2.45, 2.75) is 141 Å². The molecule has 1 spiro atoms. The molecule has 0 bridgehead atoms. The van der Waals surface area contributed by atoms with Gasteiger partial charge in [-0.3, -0.25) is 19.3 Å². The number of aromatic nitrogens is 2. The van der Waals surface area contributed by atoms with E-state index in [1.165, 1.54) is 12.2 Å². The average molecular weight is 1790 g/mol. The van der Waals surface area contributed by atoms with Crippen LogP contribution in [0.2, 0.25) is 38.3 Å². The summed E-state index contributed by atoms with van der Waals surface area (Å²) in [7, 11) is -35.6. The van der Waals surface area contributed by atoms with E-state index in [0.29, 0.717) is 190 Å². The van der Waals surface area contributed by atoms with Crippen molar-refractivity contribution in [3.05, 3.63) is 149 Å². The molecule has 0 aliphatic carbocycles. The number of quaternary nitrogens is 2. The molecule has 9 heterocycles. The van der Waals surface area contributed by atoms with Gasteiger partial charge in [0.2, 0.25) is 0 Å². The molecule has 32 nitrogen and oxygen atoms in total. The molecule has 13 rings (SSSR count). The number of aliphatic imine (C=N–C) groups is 2. The van der Waals surface area contributed by atoms with Crippen molar-refractivity contribution in [2.75, 3.05) is 88.5 Å². The van der Waals surface area contributed by atoms with Gasteiger partial charge in [0.15, 0.2) is 0 Å². The second-order valence-corrected chi connectivity index (χ2v) is 52.9. The van der Waals surface area contributed by atoms with E-state index in [-0.39, 0.29) is 140 Å². The summed E-state index contributed by atoms with van der Waals surface area (Å²) < 4.78 is 196. The molecule has 0 radical (unpaired) electrons. The third kappa shape index (κ3) is 19.6. The fourth-order valence-corrected chi connectivity index (χ4v) is 43.1. The maximum atomic E-state index is 13.2. The Labute approximate surface area is 752 Å². The van der Waals surface area contributed by atoms with E-state index in [0.717, 1.165) is 48.7 Å². The first-order chi connectivity index (χ1) is 53.8. The van der Waals surface area contributed by atoms with Crippen LogP contribution in [0.15, 0.2) is 129 Å². The van der Waals surface area contributed by atoms with Gasteiger partial charge in [-0.05, 0) is 0 Å². The minimum atomic E-state index is -7.37. The number of hydrogen-bond acceptors (Lipinski definition) is 22. The first-order valence-electron chi connectivity index (χ1n) is 38.8. The topological polar surface area (TPSA) is 425 Å². The fraction of sp³-hybridized carbons (Fsp3) is 0.486. The Kier molecular flexibility index (Phi) is 30.8. The largest absolute Gasteiger partial charge is 1.00 e. The number of nitrogens with one attached hydrogen (secondary N) is 1. The van der Waals surface area contributed by atoms with Crippen molar-refractivity contribution in [3.63, 3.8) is 0 Å². The van der Waals surface area contributed by atoms with Crippen molar-refractivity contribution >= 4 is 150 Å². The van der Waals surface area contributed by atoms with Crippen LogP contribution in [0.3, 0.4) is 0 Å². The van der Waals surface area contributed by atoms with E-state index in [2.05, 4.69) is 104 Å². The number of rotatable bonds is 44. The Morgan fingerprint density at radius 3 is 1.24 bits per heavy atom. The molecule has 2 unspecified atom stereocenters. The number of unbranched alkanes of at least 4 members (excludes halogenated alkanes) is 7. The Morgan fingerprint density at radius 1 is 0.504 bits per heavy atom. The SMILES string of the molecule is O=S(=O)=O.[CH2-]CCC[N+](CCCCS(=O)(=O)[O-])(CCCCS(=O)(=O)O)CCC[Si](C)(C)O[Si-2]123(O[Si](C)(C)CCC[N+](CCCCCC(=O)NCCN4C(=O)C=CC4=O)(CCCCS(=O)(=O)[O-])CCCCS(=O)(=O)O)n4c5c6ccccc6c4N=C4c6ccccc6C(=[N+]41)N=c1c4ccccc4c(n12)=NC1=[N+]3C(=N5)c2ccccc21.[Na+].[Na+].[Na+]. The fourth-order valence-electron chi connectivity index (χ4n) is 18.6. The summed E-state index contributed by atoms with van der Waals surface area (Å²) in [5.74, 6) is 0.0407. The van der Waals surface area contributed by atoms with Crippen molar-refractivity contribution in [1.82, 2.24) is 18.7 Å². The average Bonchev–Trinajstić information content (AvgIpc) is 1.47. The van der Waals surface area contributed by atoms with Crippen LogP contribution >= 0.6 is 0 Å². The third-order valence-electron chi connectivity index (χ3n) is 23.0. The van der Waals surface area contributed by atoms with Crippen molar-refractivity contribution in [1.29, 1.82) is 0 Å². The monoisotopic (exact) mass is 1790 g/mol. The number of carbonyl (C=O) groups excluding carboxylic acids is 3. The summed E-state index contributed by atoms with van der Waals surface area (Å²) in [5.41, 5.74) is 4.18. The molecule has 2 atom stereocenters. The Balaban J connectivity index is 0.00000218. The van der Waals surface area contributed by atoms with Gasteiger partial charge >= 0.3 is 686 Å². The molecule has 7 aliphatic heterocycles. The molecule has 0 saturated heterocycles. The van der Waals surface area contributed by atoms with Gasteiger partial charge in [-0.1, -0.05) is 0 Å². The second kappa shape index (κ2) is 37.4. The van der Waals surface area contributed by atoms with Gasteiger partial charge in [0.05, 0.1) is 0 Å². The van der Waals surface area contributed by atoms with Gasteiger partial charge in [-0.25, -0.2) is 0 Å². The van der Waals surface area contributed by atoms with Crippen LogP contribution in [-0.4, -0.2) is 249 Å². The van der Waals surface area contributed by atoms with E-state index in [9.17, 15) is 74.5 Å². The van der Waals surface area contributed by atoms with Crippen molar-refractivity contribution < 1.29 is 193 Å². The molecule has 3 N–H and O–H groups in total. The zero-order valence-electron chi connectivity index (χ0n) is 67.4. The number of nitrogens with zero attached hydrogens (tertiary/aromatic N) is 11. The molecule has 0 fully saturated rings. The molecular weight excluding hydrogens is 1690 g/mol. The van der Waals surface area contributed by atoms with Crippen LogP contribution in [-0.2, 0) is 73.7 Å². The summed E-state index contributed by atoms with van der Waals surface area (Å²) in [6, 6.07) is 33.3. The van der Waals surface area contributed by atoms with Gasteiger partial charge in [-0.15, -0.1) is 12.6 Å². The minimum Gasteiger partial charge on any atom is 1.00 e. The maximum Gasteiger partial charge on any atom is 1.00 e. The number of imide groups is 1. The molecule has 618 valence electrons. The molecule has 43 heteroatoms. The number of fused-ring (bicyclic) bond motifs is 12. The van der Waals surface area contributed by atoms with E-state index < -0.39 is 110 Å². The van der Waals surface area contributed by atoms with Crippen LogP contribution in [0.1, 0.15) is 125 Å². The molecule has 2 aromatic heterocycles. The summed E-state index contributed by atoms with van der Waals surface area (Å²) in [6.07, 6.45) is 8.53. The summed E-state index contributed by atoms with van der Waals surface area (Å²) in [6.45, 7) is 17.1. The van der Waals surface area contributed by atoms with Crippen LogP contribution in [0.5, 0.6) is 0 Å². The first-order valence-corrected chi connectivity index (χ1v) is 55.0. The maximum absolute atomic E-state index is 13.2. The molecule has 4 aromatic carbocycles. The number of carbonyl (C=O) groups is 3. The van der Waals surface area contributed by atoms with E-state index >= 15 is 0 Å². The quantitative estimate of drug-likeness (QED) is 0.00881. The van der Waals surface area contributed by atoms with Gasteiger partial charge in [-0.2, -0.15) is 0 Å². The van der Waals surface area contributed by atoms with Gasteiger partial charge in [0.1, 0.15) is 0 Å². The smallest absolute Gasteiger partial charge is 1.00 e. The number of benzene rings is 4. The van der Waals surface area contributed by atoms with Crippen molar-refractivity contribution in [3.8, 4) is 0 Å². The molecule has 3 amide bonds. The van der Waals surface area contributed by atoms with Crippen LogP contribution in [0, 0.1) is 6.92 Å². The molecule has 6 aromatic rings. The first kappa shape index (κ1) is 96.2. The summed E-state index contributed by atoms with van der Waals surface area (Å²) in [5, 5.41) is 5.93. The van der Waals surface area contributed by atoms with Crippen LogP contribution in [0.4, 0.5) is 11.6 Å². The van der Waals surface area contributed by atoms with E-state index in [1.54, 1.807) is 0 Å². The summed E-state index contributed by atoms with van der Waals surface area (Å²) in [4.78, 5) is 62.3. The molecule has 7 aliphatic rings. The number of hydrogen-bond donors (Lipinski definition) is 3.